The Balaban J connectivity index is 1.47. The molecule has 3 rings (SSSR count). The van der Waals surface area contributed by atoms with Crippen LogP contribution in [0.5, 0.6) is 0 Å². The van der Waals surface area contributed by atoms with Crippen molar-refractivity contribution in [3.05, 3.63) is 42.2 Å². The van der Waals surface area contributed by atoms with Crippen molar-refractivity contribution >= 4 is 0 Å². The smallest absolute Gasteiger partial charge is 0.0971 e. The maximum atomic E-state index is 9.01. The van der Waals surface area contributed by atoms with Gasteiger partial charge in [0.2, 0.25) is 0 Å². The van der Waals surface area contributed by atoms with Gasteiger partial charge in [-0.3, -0.25) is 0 Å². The lowest BCUT2D eigenvalue weighted by Crippen LogP contribution is -2.38. The van der Waals surface area contributed by atoms with Gasteiger partial charge in [0.25, 0.3) is 0 Å². The van der Waals surface area contributed by atoms with E-state index in [-0.39, 0.29) is 6.61 Å². The van der Waals surface area contributed by atoms with Gasteiger partial charge in [0, 0.05) is 19.6 Å². The van der Waals surface area contributed by atoms with Crippen molar-refractivity contribution in [2.45, 2.75) is 19.4 Å². The molecular formula is C18H27N5O. The Labute approximate surface area is 143 Å². The van der Waals surface area contributed by atoms with Crippen LogP contribution in [-0.2, 0) is 6.54 Å². The highest BCUT2D eigenvalue weighted by molar-refractivity contribution is 5.29. The summed E-state index contributed by atoms with van der Waals surface area (Å²) in [5, 5.41) is 17.5. The van der Waals surface area contributed by atoms with Crippen LogP contribution in [0.15, 0.2) is 36.5 Å². The van der Waals surface area contributed by atoms with Crippen molar-refractivity contribution in [1.82, 2.24) is 24.8 Å². The monoisotopic (exact) mass is 329 g/mol. The van der Waals surface area contributed by atoms with Crippen LogP contribution in [0.25, 0.3) is 5.69 Å². The second-order valence-corrected chi connectivity index (χ2v) is 6.70. The molecule has 0 aliphatic carbocycles. The molecule has 6 heteroatoms. The Hall–Kier alpha value is -1.76. The second-order valence-electron chi connectivity index (χ2n) is 6.70. The van der Waals surface area contributed by atoms with Crippen LogP contribution in [0.4, 0.5) is 0 Å². The number of hydrogen-bond acceptors (Lipinski definition) is 5. The van der Waals surface area contributed by atoms with Gasteiger partial charge in [-0.25, -0.2) is 4.68 Å². The first kappa shape index (κ1) is 17.1. The fourth-order valence-electron chi connectivity index (χ4n) is 3.39. The Bertz CT molecular complexity index is 607. The highest BCUT2D eigenvalue weighted by Crippen LogP contribution is 2.18. The number of β-amino-alcohol motifs (C(OH)–C–C–N with tert-alkyl or cyclic N) is 1. The zero-order valence-corrected chi connectivity index (χ0v) is 14.4. The fourth-order valence-corrected chi connectivity index (χ4v) is 3.39. The average molecular weight is 329 g/mol. The van der Waals surface area contributed by atoms with Gasteiger partial charge < -0.3 is 14.9 Å². The third kappa shape index (κ3) is 4.63. The first-order chi connectivity index (χ1) is 11.7. The van der Waals surface area contributed by atoms with Crippen molar-refractivity contribution in [1.29, 1.82) is 0 Å². The zero-order chi connectivity index (χ0) is 16.8. The summed E-state index contributed by atoms with van der Waals surface area (Å²) < 4.78 is 1.83. The van der Waals surface area contributed by atoms with Crippen LogP contribution < -0.4 is 0 Å². The lowest BCUT2D eigenvalue weighted by Gasteiger charge is -2.33. The molecule has 1 fully saturated rings. The first-order valence-electron chi connectivity index (χ1n) is 8.73. The molecule has 1 aliphatic heterocycles. The summed E-state index contributed by atoms with van der Waals surface area (Å²) in [4.78, 5) is 4.69. The number of aliphatic hydroxyl groups is 1. The summed E-state index contributed by atoms with van der Waals surface area (Å²) in [6.45, 7) is 5.19. The molecule has 1 aliphatic rings. The number of nitrogens with zero attached hydrogens (tertiary/aromatic N) is 5. The standard InChI is InChI=1S/C18H27N5O/c1-21(13-16-7-9-22(10-8-16)11-12-24)14-17-15-23(20-19-17)18-5-3-2-4-6-18/h2-6,15-16,24H,7-14H2,1H3. The van der Waals surface area contributed by atoms with Gasteiger partial charge in [-0.2, -0.15) is 0 Å². The van der Waals surface area contributed by atoms with Crippen molar-refractivity contribution in [3.8, 4) is 5.69 Å². The van der Waals surface area contributed by atoms with Gasteiger partial charge in [0.15, 0.2) is 0 Å². The minimum atomic E-state index is 0.266. The molecular weight excluding hydrogens is 302 g/mol. The summed E-state index contributed by atoms with van der Waals surface area (Å²) in [7, 11) is 2.15. The Morgan fingerprint density at radius 3 is 2.67 bits per heavy atom. The van der Waals surface area contributed by atoms with E-state index < -0.39 is 0 Å². The number of benzene rings is 1. The highest BCUT2D eigenvalue weighted by atomic mass is 16.3. The molecule has 0 spiro atoms. The third-order valence-corrected chi connectivity index (χ3v) is 4.69. The molecule has 0 saturated carbocycles. The van der Waals surface area contributed by atoms with Crippen LogP contribution in [0.3, 0.4) is 0 Å². The molecule has 1 saturated heterocycles. The molecule has 130 valence electrons. The van der Waals surface area contributed by atoms with E-state index in [9.17, 15) is 0 Å². The molecule has 1 aromatic carbocycles. The van der Waals surface area contributed by atoms with E-state index in [0.29, 0.717) is 0 Å². The summed E-state index contributed by atoms with van der Waals surface area (Å²) in [5.74, 6) is 0.731. The third-order valence-electron chi connectivity index (χ3n) is 4.69. The fraction of sp³-hybridized carbons (Fsp3) is 0.556. The van der Waals surface area contributed by atoms with E-state index in [1.807, 2.05) is 41.2 Å². The number of aliphatic hydroxyl groups excluding tert-OH is 1. The predicted octanol–water partition coefficient (Wildman–Crippen LogP) is 1.40. The molecule has 0 bridgehead atoms. The van der Waals surface area contributed by atoms with Crippen molar-refractivity contribution in [2.24, 2.45) is 5.92 Å². The summed E-state index contributed by atoms with van der Waals surface area (Å²) in [6.07, 6.45) is 4.43. The number of aromatic nitrogens is 3. The Morgan fingerprint density at radius 1 is 1.21 bits per heavy atom. The molecule has 0 radical (unpaired) electrons. The van der Waals surface area contributed by atoms with Gasteiger partial charge >= 0.3 is 0 Å². The minimum Gasteiger partial charge on any atom is -0.395 e. The summed E-state index contributed by atoms with van der Waals surface area (Å²) >= 11 is 0. The SMILES string of the molecule is CN(Cc1cn(-c2ccccc2)nn1)CC1CCN(CCO)CC1. The molecule has 6 nitrogen and oxygen atoms in total. The van der Waals surface area contributed by atoms with Crippen molar-refractivity contribution in [3.63, 3.8) is 0 Å². The van der Waals surface area contributed by atoms with Crippen LogP contribution in [0.1, 0.15) is 18.5 Å². The largest absolute Gasteiger partial charge is 0.395 e. The second kappa shape index (κ2) is 8.37. The maximum Gasteiger partial charge on any atom is 0.0971 e. The maximum absolute atomic E-state index is 9.01. The van der Waals surface area contributed by atoms with Gasteiger partial charge in [0.05, 0.1) is 24.2 Å². The summed E-state index contributed by atoms with van der Waals surface area (Å²) in [5.41, 5.74) is 2.04. The Kier molecular flexibility index (Phi) is 5.96. The highest BCUT2D eigenvalue weighted by Gasteiger charge is 2.20. The van der Waals surface area contributed by atoms with Crippen LogP contribution in [0.2, 0.25) is 0 Å². The number of likely N-dealkylation sites (tertiary alicyclic amines) is 1. The quantitative estimate of drug-likeness (QED) is 0.832. The molecule has 2 heterocycles. The lowest BCUT2D eigenvalue weighted by atomic mass is 9.96. The van der Waals surface area contributed by atoms with Gasteiger partial charge in [-0.05, 0) is 51.0 Å². The van der Waals surface area contributed by atoms with Gasteiger partial charge in [0.1, 0.15) is 0 Å². The van der Waals surface area contributed by atoms with E-state index in [0.717, 1.165) is 50.0 Å². The average Bonchev–Trinajstić information content (AvgIpc) is 3.06. The zero-order valence-electron chi connectivity index (χ0n) is 14.4. The number of piperidine rings is 1. The number of hydrogen-bond donors (Lipinski definition) is 1. The molecule has 1 N–H and O–H groups in total. The normalized spacial score (nSPS) is 16.8. The van der Waals surface area contributed by atoms with Crippen molar-refractivity contribution < 1.29 is 5.11 Å². The van der Waals surface area contributed by atoms with Crippen LogP contribution >= 0.6 is 0 Å². The molecule has 24 heavy (non-hydrogen) atoms. The predicted molar refractivity (Wildman–Crippen MR) is 93.9 cm³/mol. The van der Waals surface area contributed by atoms with Gasteiger partial charge in [-0.15, -0.1) is 5.10 Å². The molecule has 1 aromatic heterocycles. The minimum absolute atomic E-state index is 0.266. The number of para-hydroxylation sites is 1. The van der Waals surface area contributed by atoms with E-state index in [4.69, 9.17) is 5.11 Å². The van der Waals surface area contributed by atoms with Crippen LogP contribution in [-0.4, -0.2) is 69.7 Å². The van der Waals surface area contributed by atoms with E-state index in [1.54, 1.807) is 0 Å². The molecule has 0 unspecified atom stereocenters. The number of rotatable bonds is 7. The van der Waals surface area contributed by atoms with Gasteiger partial charge in [-0.1, -0.05) is 23.4 Å². The van der Waals surface area contributed by atoms with E-state index in [2.05, 4.69) is 27.2 Å². The Morgan fingerprint density at radius 2 is 1.96 bits per heavy atom. The molecule has 0 atom stereocenters. The van der Waals surface area contributed by atoms with Crippen molar-refractivity contribution in [2.75, 3.05) is 39.8 Å². The lowest BCUT2D eigenvalue weighted by molar-refractivity contribution is 0.129. The molecule has 0 amide bonds. The van der Waals surface area contributed by atoms with E-state index >= 15 is 0 Å². The summed E-state index contributed by atoms with van der Waals surface area (Å²) in [6, 6.07) is 10.1. The van der Waals surface area contributed by atoms with E-state index in [1.165, 1.54) is 12.8 Å². The molecule has 2 aromatic rings. The van der Waals surface area contributed by atoms with Crippen LogP contribution in [0, 0.1) is 5.92 Å². The first-order valence-corrected chi connectivity index (χ1v) is 8.73. The topological polar surface area (TPSA) is 57.4 Å².